The van der Waals surface area contributed by atoms with Gasteiger partial charge in [0.25, 0.3) is 0 Å². The van der Waals surface area contributed by atoms with Crippen LogP contribution >= 0.6 is 0 Å². The van der Waals surface area contributed by atoms with E-state index < -0.39 is 7.12 Å². The van der Waals surface area contributed by atoms with Gasteiger partial charge in [-0.25, -0.2) is 15.0 Å². The zero-order valence-electron chi connectivity index (χ0n) is 13.0. The first-order chi connectivity index (χ1) is 9.78. The summed E-state index contributed by atoms with van der Waals surface area (Å²) in [7, 11) is -0.471. The first-order valence-corrected chi connectivity index (χ1v) is 6.97. The van der Waals surface area contributed by atoms with E-state index in [1.807, 2.05) is 40.8 Å². The van der Waals surface area contributed by atoms with Crippen LogP contribution in [0.2, 0.25) is 0 Å². The molecule has 0 aliphatic carbocycles. The highest BCUT2D eigenvalue weighted by atomic mass is 16.7. The van der Waals surface area contributed by atoms with Crippen molar-refractivity contribution in [2.24, 2.45) is 0 Å². The fraction of sp³-hybridized carbons (Fsp3) is 0.500. The van der Waals surface area contributed by atoms with Gasteiger partial charge in [0, 0.05) is 18.6 Å². The Labute approximate surface area is 124 Å². The second-order valence-electron chi connectivity index (χ2n) is 6.35. The van der Waals surface area contributed by atoms with E-state index >= 15 is 0 Å². The largest absolute Gasteiger partial charge is 0.516 e. The lowest BCUT2D eigenvalue weighted by molar-refractivity contribution is 0.00578. The first-order valence-electron chi connectivity index (χ1n) is 6.97. The molecule has 0 amide bonds. The van der Waals surface area contributed by atoms with Crippen LogP contribution in [0, 0.1) is 6.92 Å². The van der Waals surface area contributed by atoms with E-state index in [0.717, 1.165) is 11.2 Å². The van der Waals surface area contributed by atoms with Gasteiger partial charge in [-0.2, -0.15) is 0 Å². The second-order valence-corrected chi connectivity index (χ2v) is 6.35. The Morgan fingerprint density at radius 1 is 1.00 bits per heavy atom. The summed E-state index contributed by atoms with van der Waals surface area (Å²) >= 11 is 0. The summed E-state index contributed by atoms with van der Waals surface area (Å²) in [5, 5.41) is 0. The molecule has 1 aliphatic heterocycles. The van der Waals surface area contributed by atoms with Gasteiger partial charge < -0.3 is 9.31 Å². The van der Waals surface area contributed by atoms with Gasteiger partial charge in [-0.05, 0) is 40.2 Å². The average molecular weight is 286 g/mol. The third-order valence-corrected chi connectivity index (χ3v) is 4.10. The van der Waals surface area contributed by atoms with Crippen LogP contribution in [0.3, 0.4) is 0 Å². The van der Waals surface area contributed by atoms with E-state index in [-0.39, 0.29) is 11.2 Å². The lowest BCUT2D eigenvalue weighted by atomic mass is 9.86. The van der Waals surface area contributed by atoms with Gasteiger partial charge in [0.15, 0.2) is 0 Å². The Kier molecular flexibility index (Phi) is 3.14. The summed E-state index contributed by atoms with van der Waals surface area (Å²) in [6.07, 6.45) is 7.06. The Morgan fingerprint density at radius 2 is 1.57 bits per heavy atom. The molecule has 1 fully saturated rings. The van der Waals surface area contributed by atoms with Crippen molar-refractivity contribution in [1.29, 1.82) is 0 Å². The minimum absolute atomic E-state index is 0.373. The van der Waals surface area contributed by atoms with Gasteiger partial charge >= 0.3 is 7.12 Å². The summed E-state index contributed by atoms with van der Waals surface area (Å²) in [5.74, 6) is 0.580. The maximum absolute atomic E-state index is 5.98. The lowest BCUT2D eigenvalue weighted by Gasteiger charge is -2.32. The van der Waals surface area contributed by atoms with Crippen LogP contribution in [0.15, 0.2) is 24.9 Å². The fourth-order valence-corrected chi connectivity index (χ4v) is 2.05. The number of hydrogen-bond donors (Lipinski definition) is 0. The zero-order chi connectivity index (χ0) is 15.3. The monoisotopic (exact) mass is 286 g/mol. The van der Waals surface area contributed by atoms with E-state index in [2.05, 4.69) is 15.0 Å². The summed E-state index contributed by atoms with van der Waals surface area (Å²) < 4.78 is 13.7. The van der Waals surface area contributed by atoms with E-state index in [1.165, 1.54) is 0 Å². The predicted octanol–water partition coefficient (Wildman–Crippen LogP) is 1.27. The highest BCUT2D eigenvalue weighted by molar-refractivity contribution is 6.61. The van der Waals surface area contributed by atoms with E-state index in [0.29, 0.717) is 5.95 Å². The molecule has 7 heteroatoms. The number of nitrogens with zero attached hydrogens (tertiary/aromatic N) is 4. The van der Waals surface area contributed by atoms with E-state index in [1.54, 1.807) is 23.3 Å². The highest BCUT2D eigenvalue weighted by Gasteiger charge is 2.52. The van der Waals surface area contributed by atoms with Crippen molar-refractivity contribution < 1.29 is 9.31 Å². The van der Waals surface area contributed by atoms with Crippen molar-refractivity contribution in [3.63, 3.8) is 0 Å². The van der Waals surface area contributed by atoms with Crippen molar-refractivity contribution >= 4 is 12.7 Å². The van der Waals surface area contributed by atoms with Crippen molar-refractivity contribution in [1.82, 2.24) is 19.5 Å². The minimum Gasteiger partial charge on any atom is -0.398 e. The summed E-state index contributed by atoms with van der Waals surface area (Å²) in [6.45, 7) is 10.0. The molecule has 0 radical (unpaired) electrons. The molecule has 21 heavy (non-hydrogen) atoms. The van der Waals surface area contributed by atoms with Gasteiger partial charge in [-0.15, -0.1) is 0 Å². The SMILES string of the molecule is Cc1cnc(-n2cnc(B3OC(C)(C)C(C)(C)O3)c2)nc1. The highest BCUT2D eigenvalue weighted by Crippen LogP contribution is 2.36. The quantitative estimate of drug-likeness (QED) is 0.778. The standard InChI is InChI=1S/C14H19BN4O2/c1-10-6-16-12(17-7-10)19-8-11(18-9-19)15-20-13(2,3)14(4,5)21-15/h6-9H,1-5H3. The molecular weight excluding hydrogens is 267 g/mol. The normalized spacial score (nSPS) is 20.0. The van der Waals surface area contributed by atoms with Crippen molar-refractivity contribution in [2.45, 2.75) is 45.8 Å². The molecule has 0 aromatic carbocycles. The molecule has 3 rings (SSSR count). The number of aromatic nitrogens is 4. The maximum atomic E-state index is 5.98. The van der Waals surface area contributed by atoms with Crippen LogP contribution in [0.1, 0.15) is 33.3 Å². The number of rotatable bonds is 2. The number of hydrogen-bond acceptors (Lipinski definition) is 5. The fourth-order valence-electron chi connectivity index (χ4n) is 2.05. The molecule has 0 N–H and O–H groups in total. The van der Waals surface area contributed by atoms with Gasteiger partial charge in [0.2, 0.25) is 5.95 Å². The van der Waals surface area contributed by atoms with E-state index in [9.17, 15) is 0 Å². The topological polar surface area (TPSA) is 62.1 Å². The molecule has 1 saturated heterocycles. The molecule has 2 aromatic rings. The zero-order valence-corrected chi connectivity index (χ0v) is 13.0. The van der Waals surface area contributed by atoms with Gasteiger partial charge in [-0.3, -0.25) is 4.57 Å². The molecular formula is C14H19BN4O2. The smallest absolute Gasteiger partial charge is 0.398 e. The summed E-state index contributed by atoms with van der Waals surface area (Å²) in [6, 6.07) is 0. The molecule has 1 aliphatic rings. The van der Waals surface area contributed by atoms with Crippen LogP contribution in [0.4, 0.5) is 0 Å². The molecule has 110 valence electrons. The third kappa shape index (κ3) is 2.47. The molecule has 0 saturated carbocycles. The van der Waals surface area contributed by atoms with Crippen LogP contribution in [0.5, 0.6) is 0 Å². The van der Waals surface area contributed by atoms with Crippen molar-refractivity contribution in [3.05, 3.63) is 30.5 Å². The molecule has 3 heterocycles. The minimum atomic E-state index is -0.471. The van der Waals surface area contributed by atoms with E-state index in [4.69, 9.17) is 9.31 Å². The Balaban J connectivity index is 1.85. The first kappa shape index (κ1) is 14.2. The van der Waals surface area contributed by atoms with Gasteiger partial charge in [0.05, 0.1) is 16.8 Å². The average Bonchev–Trinajstić information content (AvgIpc) is 2.94. The van der Waals surface area contributed by atoms with Crippen LogP contribution in [0.25, 0.3) is 5.95 Å². The molecule has 0 unspecified atom stereocenters. The Morgan fingerprint density at radius 3 is 2.14 bits per heavy atom. The molecule has 6 nitrogen and oxygen atoms in total. The Bertz CT molecular complexity index is 635. The number of imidazole rings is 1. The van der Waals surface area contributed by atoms with Crippen molar-refractivity contribution in [2.75, 3.05) is 0 Å². The molecule has 0 spiro atoms. The van der Waals surface area contributed by atoms with Crippen molar-refractivity contribution in [3.8, 4) is 5.95 Å². The maximum Gasteiger partial charge on any atom is 0.516 e. The van der Waals surface area contributed by atoms with Crippen LogP contribution in [-0.4, -0.2) is 37.8 Å². The molecule has 0 atom stereocenters. The van der Waals surface area contributed by atoms with Gasteiger partial charge in [0.1, 0.15) is 6.33 Å². The van der Waals surface area contributed by atoms with Crippen LogP contribution in [-0.2, 0) is 9.31 Å². The molecule has 0 bridgehead atoms. The lowest BCUT2D eigenvalue weighted by Crippen LogP contribution is -2.41. The van der Waals surface area contributed by atoms with Crippen LogP contribution < -0.4 is 5.59 Å². The third-order valence-electron chi connectivity index (χ3n) is 4.10. The molecule has 2 aromatic heterocycles. The Hall–Kier alpha value is -1.73. The van der Waals surface area contributed by atoms with Gasteiger partial charge in [-0.1, -0.05) is 0 Å². The number of aryl methyl sites for hydroxylation is 1. The predicted molar refractivity (Wildman–Crippen MR) is 79.6 cm³/mol. The summed E-state index contributed by atoms with van der Waals surface area (Å²) in [5.41, 5.74) is 0.992. The second kappa shape index (κ2) is 4.64. The summed E-state index contributed by atoms with van der Waals surface area (Å²) in [4.78, 5) is 12.9.